The SMILES string of the molecule is C=Cc1ccc(Oc2ccc(C3(c4cc(C)ccc4C)c4ccccc4-c4ccc(N(c5ccc(-c6ccc7c(c6)c6cc(-c8ccc(C=C)cc8)ccc6n7-c6ccc(C=C)cc6)cc5)c5ccc6c(c5)oc5ccccc56)cc43)cc2)cc1. The van der Waals surface area contributed by atoms with Gasteiger partial charge in [-0.2, -0.15) is 0 Å². The topological polar surface area (TPSA) is 30.5 Å². The van der Waals surface area contributed by atoms with Crippen LogP contribution in [0.3, 0.4) is 0 Å². The van der Waals surface area contributed by atoms with E-state index in [1.807, 2.05) is 54.6 Å². The van der Waals surface area contributed by atoms with Crippen molar-refractivity contribution < 1.29 is 9.15 Å². The second-order valence-electron chi connectivity index (χ2n) is 22.3. The second kappa shape index (κ2) is 20.5. The van der Waals surface area contributed by atoms with Gasteiger partial charge in [0, 0.05) is 50.4 Å². The Balaban J connectivity index is 0.888. The van der Waals surface area contributed by atoms with E-state index in [0.717, 1.165) is 112 Å². The predicted octanol–water partition coefficient (Wildman–Crippen LogP) is 22.2. The normalized spacial score (nSPS) is 13.5. The average Bonchev–Trinajstić information content (AvgIpc) is 1.67. The van der Waals surface area contributed by atoms with Gasteiger partial charge in [0.1, 0.15) is 22.7 Å². The molecular formula is C81H58N2O2. The Bertz CT molecular complexity index is 4960. The van der Waals surface area contributed by atoms with Gasteiger partial charge in [-0.05, 0) is 195 Å². The van der Waals surface area contributed by atoms with E-state index < -0.39 is 5.41 Å². The zero-order valence-corrected chi connectivity index (χ0v) is 47.4. The first-order valence-electron chi connectivity index (χ1n) is 29.0. The fourth-order valence-electron chi connectivity index (χ4n) is 13.2. The number of hydrogen-bond acceptors (Lipinski definition) is 3. The number of fused-ring (bicyclic) bond motifs is 9. The Labute approximate surface area is 495 Å². The Hall–Kier alpha value is -10.9. The summed E-state index contributed by atoms with van der Waals surface area (Å²) in [4.78, 5) is 2.39. The van der Waals surface area contributed by atoms with Crippen LogP contribution >= 0.6 is 0 Å². The minimum Gasteiger partial charge on any atom is -0.457 e. The van der Waals surface area contributed by atoms with Crippen LogP contribution < -0.4 is 9.64 Å². The molecule has 1 atom stereocenters. The van der Waals surface area contributed by atoms with Crippen LogP contribution in [0.5, 0.6) is 11.5 Å². The van der Waals surface area contributed by atoms with E-state index in [4.69, 9.17) is 9.15 Å². The molecule has 1 unspecified atom stereocenters. The quantitative estimate of drug-likeness (QED) is 0.115. The molecule has 1 aliphatic carbocycles. The molecule has 12 aromatic carbocycles. The molecule has 4 nitrogen and oxygen atoms in total. The highest BCUT2D eigenvalue weighted by molar-refractivity contribution is 6.12. The number of rotatable bonds is 13. The van der Waals surface area contributed by atoms with Crippen LogP contribution in [-0.4, -0.2) is 4.57 Å². The van der Waals surface area contributed by atoms with Crippen molar-refractivity contribution >= 4 is 79.0 Å². The lowest BCUT2D eigenvalue weighted by atomic mass is 9.66. The molecule has 2 heterocycles. The molecule has 0 saturated heterocycles. The molecule has 0 fully saturated rings. The molecule has 0 amide bonds. The van der Waals surface area contributed by atoms with Crippen LogP contribution in [-0.2, 0) is 5.41 Å². The van der Waals surface area contributed by atoms with Gasteiger partial charge in [-0.3, -0.25) is 0 Å². The van der Waals surface area contributed by atoms with Crippen LogP contribution in [0.25, 0.3) is 101 Å². The zero-order valence-electron chi connectivity index (χ0n) is 47.4. The zero-order chi connectivity index (χ0) is 57.3. The molecule has 0 N–H and O–H groups in total. The van der Waals surface area contributed by atoms with E-state index in [2.05, 4.69) is 268 Å². The van der Waals surface area contributed by atoms with E-state index in [1.165, 1.54) is 49.7 Å². The van der Waals surface area contributed by atoms with Gasteiger partial charge in [-0.15, -0.1) is 0 Å². The highest BCUT2D eigenvalue weighted by atomic mass is 16.5. The number of aryl methyl sites for hydroxylation is 2. The van der Waals surface area contributed by atoms with Gasteiger partial charge < -0.3 is 18.6 Å². The summed E-state index contributed by atoms with van der Waals surface area (Å²) in [6.45, 7) is 16.4. The van der Waals surface area contributed by atoms with Gasteiger partial charge in [0.05, 0.1) is 16.4 Å². The van der Waals surface area contributed by atoms with Gasteiger partial charge >= 0.3 is 0 Å². The molecule has 2 aromatic heterocycles. The smallest absolute Gasteiger partial charge is 0.137 e. The molecule has 1 aliphatic rings. The van der Waals surface area contributed by atoms with Gasteiger partial charge in [0.2, 0.25) is 0 Å². The lowest BCUT2D eigenvalue weighted by Gasteiger charge is -2.36. The maximum atomic E-state index is 6.64. The van der Waals surface area contributed by atoms with E-state index >= 15 is 0 Å². The summed E-state index contributed by atoms with van der Waals surface area (Å²) in [7, 11) is 0. The maximum absolute atomic E-state index is 6.64. The second-order valence-corrected chi connectivity index (χ2v) is 22.3. The summed E-state index contributed by atoms with van der Waals surface area (Å²) in [6.07, 6.45) is 5.62. The van der Waals surface area contributed by atoms with Crippen molar-refractivity contribution in [3.05, 3.63) is 331 Å². The average molecular weight is 1090 g/mol. The third-order valence-electron chi connectivity index (χ3n) is 17.4. The Kier molecular flexibility index (Phi) is 12.3. The molecule has 0 saturated carbocycles. The van der Waals surface area contributed by atoms with Crippen molar-refractivity contribution in [2.24, 2.45) is 0 Å². The monoisotopic (exact) mass is 1090 g/mol. The molecule has 404 valence electrons. The highest BCUT2D eigenvalue weighted by Crippen LogP contribution is 2.58. The van der Waals surface area contributed by atoms with Crippen molar-refractivity contribution in [3.8, 4) is 50.6 Å². The summed E-state index contributed by atoms with van der Waals surface area (Å²) in [5.41, 5.74) is 24.9. The molecule has 0 bridgehead atoms. The maximum Gasteiger partial charge on any atom is 0.137 e. The van der Waals surface area contributed by atoms with Crippen molar-refractivity contribution in [2.45, 2.75) is 19.3 Å². The number of para-hydroxylation sites is 1. The minimum atomic E-state index is -0.686. The minimum absolute atomic E-state index is 0.686. The number of hydrogen-bond donors (Lipinski definition) is 0. The third kappa shape index (κ3) is 8.52. The molecular weight excluding hydrogens is 1030 g/mol. The molecule has 0 aliphatic heterocycles. The standard InChI is InChI=1S/C81H58N2O2/c1-6-54-19-25-57(26-20-54)59-29-45-77-72(48-59)73-49-60(30-46-78(73)83(77)63-33-21-55(7-2)22-34-63)58-27-35-62(36-28-58)82(65-38-44-71-70-14-10-12-16-79(70)85-80(71)51-65)64-37-43-69-68-13-9-11-15-74(68)81(76(69)50-64,75-47-52(4)17-18-53(75)5)61-31-41-67(42-32-61)84-66-39-23-56(8-3)24-40-66/h6-51H,1-3H2,4-5H3. The number of benzene rings is 12. The molecule has 4 heteroatoms. The van der Waals surface area contributed by atoms with Crippen molar-refractivity contribution in [3.63, 3.8) is 0 Å². The highest BCUT2D eigenvalue weighted by Gasteiger charge is 2.47. The summed E-state index contributed by atoms with van der Waals surface area (Å²) in [6, 6.07) is 94.7. The Morgan fingerprint density at radius 2 is 0.929 bits per heavy atom. The van der Waals surface area contributed by atoms with Gasteiger partial charge in [-0.25, -0.2) is 0 Å². The number of anilines is 3. The fourth-order valence-corrected chi connectivity index (χ4v) is 13.2. The van der Waals surface area contributed by atoms with Crippen LogP contribution in [0.4, 0.5) is 17.1 Å². The molecule has 15 rings (SSSR count). The number of ether oxygens (including phenoxy) is 1. The van der Waals surface area contributed by atoms with Gasteiger partial charge in [0.25, 0.3) is 0 Å². The molecule has 14 aromatic rings. The molecule has 0 radical (unpaired) electrons. The first kappa shape index (κ1) is 51.0. The van der Waals surface area contributed by atoms with Crippen molar-refractivity contribution in [2.75, 3.05) is 4.90 Å². The van der Waals surface area contributed by atoms with E-state index in [9.17, 15) is 0 Å². The predicted molar refractivity (Wildman–Crippen MR) is 357 cm³/mol. The van der Waals surface area contributed by atoms with Crippen LogP contribution in [0.1, 0.15) is 50.1 Å². The summed E-state index contributed by atoms with van der Waals surface area (Å²) in [5.74, 6) is 1.54. The van der Waals surface area contributed by atoms with E-state index in [-0.39, 0.29) is 0 Å². The van der Waals surface area contributed by atoms with Gasteiger partial charge in [-0.1, -0.05) is 195 Å². The lowest BCUT2D eigenvalue weighted by molar-refractivity contribution is 0.482. The summed E-state index contributed by atoms with van der Waals surface area (Å²) in [5, 5.41) is 4.55. The van der Waals surface area contributed by atoms with Crippen LogP contribution in [0, 0.1) is 13.8 Å². The molecule has 0 spiro atoms. The van der Waals surface area contributed by atoms with Gasteiger partial charge in [0.15, 0.2) is 0 Å². The van der Waals surface area contributed by atoms with E-state index in [0.29, 0.717) is 0 Å². The Morgan fingerprint density at radius 1 is 0.400 bits per heavy atom. The third-order valence-corrected chi connectivity index (χ3v) is 17.4. The first-order valence-corrected chi connectivity index (χ1v) is 29.0. The first-order chi connectivity index (χ1) is 41.8. The summed E-state index contributed by atoms with van der Waals surface area (Å²) < 4.78 is 15.5. The number of aromatic nitrogens is 1. The van der Waals surface area contributed by atoms with Crippen molar-refractivity contribution in [1.29, 1.82) is 0 Å². The summed E-state index contributed by atoms with van der Waals surface area (Å²) >= 11 is 0. The number of nitrogens with zero attached hydrogens (tertiary/aromatic N) is 2. The van der Waals surface area contributed by atoms with E-state index in [1.54, 1.807) is 0 Å². The fraction of sp³-hybridized carbons (Fsp3) is 0.0370. The largest absolute Gasteiger partial charge is 0.457 e. The van der Waals surface area contributed by atoms with Crippen LogP contribution in [0.2, 0.25) is 0 Å². The molecule has 85 heavy (non-hydrogen) atoms. The lowest BCUT2D eigenvalue weighted by Crippen LogP contribution is -2.30. The number of furan rings is 1. The Morgan fingerprint density at radius 3 is 1.60 bits per heavy atom. The van der Waals surface area contributed by atoms with Crippen LogP contribution in [0.15, 0.2) is 285 Å². The van der Waals surface area contributed by atoms with Crippen molar-refractivity contribution in [1.82, 2.24) is 4.57 Å².